The summed E-state index contributed by atoms with van der Waals surface area (Å²) >= 11 is 1.54. The second-order valence-corrected chi connectivity index (χ2v) is 6.18. The Balaban J connectivity index is 2.19. The number of nitrogens with zero attached hydrogens (tertiary/aromatic N) is 1. The molecule has 0 saturated heterocycles. The van der Waals surface area contributed by atoms with E-state index in [9.17, 15) is 4.79 Å². The quantitative estimate of drug-likeness (QED) is 0.901. The van der Waals surface area contributed by atoms with Crippen molar-refractivity contribution in [3.63, 3.8) is 0 Å². The van der Waals surface area contributed by atoms with Gasteiger partial charge in [-0.2, -0.15) is 0 Å². The summed E-state index contributed by atoms with van der Waals surface area (Å²) in [6, 6.07) is 0. The lowest BCUT2D eigenvalue weighted by molar-refractivity contribution is -0.136. The van der Waals surface area contributed by atoms with Crippen LogP contribution in [0, 0.1) is 5.92 Å². The van der Waals surface area contributed by atoms with Gasteiger partial charge in [-0.05, 0) is 38.5 Å². The Labute approximate surface area is 117 Å². The highest BCUT2D eigenvalue weighted by atomic mass is 32.1. The standard InChI is InChI=1S/C14H21NO3S/c1-3-18-14(6-4-10(2)5-7-14)13-15-11(9-19-13)8-12(16)17/h9-10H,3-8H2,1-2H3,(H,16,17). The van der Waals surface area contributed by atoms with Gasteiger partial charge in [0.25, 0.3) is 0 Å². The van der Waals surface area contributed by atoms with E-state index < -0.39 is 5.97 Å². The van der Waals surface area contributed by atoms with Gasteiger partial charge in [0.05, 0.1) is 12.1 Å². The molecule has 0 radical (unpaired) electrons. The number of carbonyl (C=O) groups is 1. The van der Waals surface area contributed by atoms with Crippen LogP contribution in [0.15, 0.2) is 5.38 Å². The second-order valence-electron chi connectivity index (χ2n) is 5.32. The average molecular weight is 283 g/mol. The van der Waals surface area contributed by atoms with Gasteiger partial charge in [-0.25, -0.2) is 4.98 Å². The summed E-state index contributed by atoms with van der Waals surface area (Å²) in [6.07, 6.45) is 4.26. The van der Waals surface area contributed by atoms with E-state index in [1.165, 1.54) is 11.3 Å². The van der Waals surface area contributed by atoms with Crippen molar-refractivity contribution >= 4 is 17.3 Å². The number of aliphatic carboxylic acids is 1. The zero-order chi connectivity index (χ0) is 13.9. The smallest absolute Gasteiger partial charge is 0.309 e. The first-order valence-electron chi connectivity index (χ1n) is 6.86. The summed E-state index contributed by atoms with van der Waals surface area (Å²) in [5.74, 6) is -0.0911. The van der Waals surface area contributed by atoms with Crippen LogP contribution in [0.3, 0.4) is 0 Å². The molecular formula is C14H21NO3S. The van der Waals surface area contributed by atoms with Crippen LogP contribution in [-0.4, -0.2) is 22.7 Å². The van der Waals surface area contributed by atoms with Crippen LogP contribution < -0.4 is 0 Å². The van der Waals surface area contributed by atoms with Crippen molar-refractivity contribution in [1.29, 1.82) is 0 Å². The van der Waals surface area contributed by atoms with E-state index in [1.807, 2.05) is 12.3 Å². The minimum absolute atomic E-state index is 0.00485. The molecule has 0 amide bonds. The number of carboxylic acid groups (broad SMARTS) is 1. The fraction of sp³-hybridized carbons (Fsp3) is 0.714. The molecule has 0 unspecified atom stereocenters. The van der Waals surface area contributed by atoms with E-state index in [1.54, 1.807) is 0 Å². The lowest BCUT2D eigenvalue weighted by atomic mass is 9.79. The molecule has 106 valence electrons. The SMILES string of the molecule is CCOC1(c2nc(CC(=O)O)cs2)CCC(C)CC1. The lowest BCUT2D eigenvalue weighted by Crippen LogP contribution is -2.34. The Morgan fingerprint density at radius 1 is 1.58 bits per heavy atom. The summed E-state index contributed by atoms with van der Waals surface area (Å²) in [6.45, 7) is 4.95. The molecule has 0 atom stereocenters. The third kappa shape index (κ3) is 3.34. The maximum absolute atomic E-state index is 10.7. The molecule has 1 aliphatic carbocycles. The second kappa shape index (κ2) is 6.01. The van der Waals surface area contributed by atoms with Crippen LogP contribution >= 0.6 is 11.3 Å². The summed E-state index contributed by atoms with van der Waals surface area (Å²) in [7, 11) is 0. The number of hydrogen-bond donors (Lipinski definition) is 1. The largest absolute Gasteiger partial charge is 0.481 e. The topological polar surface area (TPSA) is 59.4 Å². The van der Waals surface area contributed by atoms with Gasteiger partial charge in [-0.3, -0.25) is 4.79 Å². The maximum atomic E-state index is 10.7. The molecule has 1 fully saturated rings. The van der Waals surface area contributed by atoms with Crippen LogP contribution in [0.1, 0.15) is 50.2 Å². The van der Waals surface area contributed by atoms with Crippen molar-refractivity contribution in [1.82, 2.24) is 4.98 Å². The molecular weight excluding hydrogens is 262 g/mol. The van der Waals surface area contributed by atoms with E-state index in [2.05, 4.69) is 11.9 Å². The normalized spacial score (nSPS) is 27.4. The molecule has 0 aliphatic heterocycles. The van der Waals surface area contributed by atoms with Gasteiger partial charge in [-0.15, -0.1) is 11.3 Å². The molecule has 0 spiro atoms. The van der Waals surface area contributed by atoms with Crippen molar-refractivity contribution in [3.8, 4) is 0 Å². The molecule has 19 heavy (non-hydrogen) atoms. The van der Waals surface area contributed by atoms with Crippen LogP contribution in [-0.2, 0) is 21.6 Å². The van der Waals surface area contributed by atoms with Gasteiger partial charge < -0.3 is 9.84 Å². The third-order valence-corrected chi connectivity index (χ3v) is 4.85. The highest BCUT2D eigenvalue weighted by molar-refractivity contribution is 7.09. The van der Waals surface area contributed by atoms with Gasteiger partial charge in [0, 0.05) is 12.0 Å². The number of rotatable bonds is 5. The molecule has 1 saturated carbocycles. The van der Waals surface area contributed by atoms with E-state index >= 15 is 0 Å². The van der Waals surface area contributed by atoms with Gasteiger partial charge in [0.2, 0.25) is 0 Å². The summed E-state index contributed by atoms with van der Waals surface area (Å²) in [5, 5.41) is 11.6. The summed E-state index contributed by atoms with van der Waals surface area (Å²) in [5.41, 5.74) is 0.369. The van der Waals surface area contributed by atoms with E-state index in [-0.39, 0.29) is 12.0 Å². The number of aromatic nitrogens is 1. The van der Waals surface area contributed by atoms with E-state index in [0.717, 1.165) is 36.6 Å². The Morgan fingerprint density at radius 3 is 2.84 bits per heavy atom. The average Bonchev–Trinajstić information content (AvgIpc) is 2.81. The van der Waals surface area contributed by atoms with Crippen LogP contribution in [0.2, 0.25) is 0 Å². The van der Waals surface area contributed by atoms with E-state index in [4.69, 9.17) is 9.84 Å². The molecule has 0 bridgehead atoms. The van der Waals surface area contributed by atoms with Crippen LogP contribution in [0.25, 0.3) is 0 Å². The van der Waals surface area contributed by atoms with Crippen LogP contribution in [0.4, 0.5) is 0 Å². The van der Waals surface area contributed by atoms with Gasteiger partial charge in [0.15, 0.2) is 0 Å². The molecule has 4 nitrogen and oxygen atoms in total. The van der Waals surface area contributed by atoms with E-state index in [0.29, 0.717) is 12.3 Å². The Hall–Kier alpha value is -0.940. The molecule has 2 rings (SSSR count). The monoisotopic (exact) mass is 283 g/mol. The van der Waals surface area contributed by atoms with Crippen LogP contribution in [0.5, 0.6) is 0 Å². The highest BCUT2D eigenvalue weighted by Crippen LogP contribution is 2.43. The zero-order valence-corrected chi connectivity index (χ0v) is 12.3. The number of hydrogen-bond acceptors (Lipinski definition) is 4. The minimum atomic E-state index is -0.834. The van der Waals surface area contributed by atoms with Crippen molar-refractivity contribution in [2.24, 2.45) is 5.92 Å². The van der Waals surface area contributed by atoms with Crippen molar-refractivity contribution < 1.29 is 14.6 Å². The fourth-order valence-electron chi connectivity index (χ4n) is 2.68. The number of ether oxygens (including phenoxy) is 1. The summed E-state index contributed by atoms with van der Waals surface area (Å²) < 4.78 is 6.02. The van der Waals surface area contributed by atoms with Gasteiger partial charge in [0.1, 0.15) is 10.6 Å². The first-order valence-corrected chi connectivity index (χ1v) is 7.74. The first kappa shape index (κ1) is 14.5. The third-order valence-electron chi connectivity index (χ3n) is 3.78. The predicted octanol–water partition coefficient (Wildman–Crippen LogP) is 3.21. The molecule has 1 heterocycles. The van der Waals surface area contributed by atoms with Crippen molar-refractivity contribution in [3.05, 3.63) is 16.1 Å². The zero-order valence-electron chi connectivity index (χ0n) is 11.5. The lowest BCUT2D eigenvalue weighted by Gasteiger charge is -2.37. The number of thiazole rings is 1. The summed E-state index contributed by atoms with van der Waals surface area (Å²) in [4.78, 5) is 15.2. The molecule has 1 aromatic rings. The highest BCUT2D eigenvalue weighted by Gasteiger charge is 2.39. The molecule has 1 aliphatic rings. The molecule has 0 aromatic carbocycles. The Kier molecular flexibility index (Phi) is 4.58. The Morgan fingerprint density at radius 2 is 2.26 bits per heavy atom. The fourth-order valence-corrected chi connectivity index (χ4v) is 3.71. The van der Waals surface area contributed by atoms with Gasteiger partial charge in [-0.1, -0.05) is 6.92 Å². The number of carboxylic acids is 1. The molecule has 1 N–H and O–H groups in total. The van der Waals surface area contributed by atoms with Gasteiger partial charge >= 0.3 is 5.97 Å². The molecule has 5 heteroatoms. The van der Waals surface area contributed by atoms with Crippen molar-refractivity contribution in [2.45, 2.75) is 51.6 Å². The first-order chi connectivity index (χ1) is 9.05. The maximum Gasteiger partial charge on any atom is 0.309 e. The molecule has 1 aromatic heterocycles. The minimum Gasteiger partial charge on any atom is -0.481 e. The Bertz CT molecular complexity index is 436. The predicted molar refractivity (Wildman–Crippen MR) is 74.4 cm³/mol. The van der Waals surface area contributed by atoms with Crippen molar-refractivity contribution in [2.75, 3.05) is 6.61 Å².